The monoisotopic (exact) mass is 220 g/mol. The summed E-state index contributed by atoms with van der Waals surface area (Å²) in [6.07, 6.45) is 3.64. The topological polar surface area (TPSA) is 20.2 Å². The number of phenols is 1. The number of hydrogen-bond donors (Lipinski definition) is 1. The van der Waals surface area contributed by atoms with Gasteiger partial charge in [0.25, 0.3) is 0 Å². The molecule has 1 nitrogen and oxygen atoms in total. The minimum atomic E-state index is 0.356. The molecule has 1 rings (SSSR count). The Hall–Kier alpha value is -0.980. The van der Waals surface area contributed by atoms with Crippen molar-refractivity contribution in [3.05, 3.63) is 29.8 Å². The average Bonchev–Trinajstić information content (AvgIpc) is 2.20. The molecule has 0 amide bonds. The molecule has 0 bridgehead atoms. The summed E-state index contributed by atoms with van der Waals surface area (Å²) in [7, 11) is 0. The Morgan fingerprint density at radius 1 is 1.12 bits per heavy atom. The van der Waals surface area contributed by atoms with Gasteiger partial charge in [0.1, 0.15) is 5.75 Å². The quantitative estimate of drug-likeness (QED) is 0.779. The number of benzene rings is 1. The second kappa shape index (κ2) is 5.38. The smallest absolute Gasteiger partial charge is 0.115 e. The zero-order valence-corrected chi connectivity index (χ0v) is 11.0. The van der Waals surface area contributed by atoms with E-state index in [1.807, 2.05) is 12.1 Å². The van der Waals surface area contributed by atoms with E-state index in [0.717, 1.165) is 0 Å². The largest absolute Gasteiger partial charge is 0.508 e. The van der Waals surface area contributed by atoms with Crippen molar-refractivity contribution in [2.75, 3.05) is 0 Å². The highest BCUT2D eigenvalue weighted by Gasteiger charge is 2.15. The maximum Gasteiger partial charge on any atom is 0.115 e. The molecule has 1 heteroatoms. The van der Waals surface area contributed by atoms with E-state index in [2.05, 4.69) is 27.7 Å². The van der Waals surface area contributed by atoms with E-state index in [9.17, 15) is 5.11 Å². The van der Waals surface area contributed by atoms with Crippen molar-refractivity contribution in [1.82, 2.24) is 0 Å². The van der Waals surface area contributed by atoms with E-state index < -0.39 is 0 Å². The standard InChI is InChI=1S/C15H24O/c1-5-12(10-11-15(2,3)4)13-6-8-14(16)9-7-13/h6-9,12,16H,5,10-11H2,1-4H3. The van der Waals surface area contributed by atoms with Gasteiger partial charge in [-0.1, -0.05) is 39.8 Å². The van der Waals surface area contributed by atoms with Crippen LogP contribution in [-0.4, -0.2) is 5.11 Å². The lowest BCUT2D eigenvalue weighted by Crippen LogP contribution is -2.08. The fourth-order valence-corrected chi connectivity index (χ4v) is 1.96. The Morgan fingerprint density at radius 2 is 1.69 bits per heavy atom. The summed E-state index contributed by atoms with van der Waals surface area (Å²) < 4.78 is 0. The Balaban J connectivity index is 2.64. The highest BCUT2D eigenvalue weighted by molar-refractivity contribution is 5.28. The molecular weight excluding hydrogens is 196 g/mol. The van der Waals surface area contributed by atoms with Gasteiger partial charge in [0, 0.05) is 0 Å². The van der Waals surface area contributed by atoms with E-state index in [4.69, 9.17) is 0 Å². The number of phenolic OH excluding ortho intramolecular Hbond substituents is 1. The van der Waals surface area contributed by atoms with Gasteiger partial charge >= 0.3 is 0 Å². The zero-order valence-electron chi connectivity index (χ0n) is 11.0. The summed E-state index contributed by atoms with van der Waals surface area (Å²) in [5.41, 5.74) is 1.76. The molecule has 1 atom stereocenters. The Kier molecular flexibility index (Phi) is 4.40. The first-order chi connectivity index (χ1) is 7.42. The molecule has 1 unspecified atom stereocenters. The zero-order chi connectivity index (χ0) is 12.2. The second-order valence-corrected chi connectivity index (χ2v) is 5.80. The molecule has 0 heterocycles. The van der Waals surface area contributed by atoms with Gasteiger partial charge in [-0.05, 0) is 48.3 Å². The van der Waals surface area contributed by atoms with Crippen LogP contribution in [0.1, 0.15) is 58.4 Å². The normalized spacial score (nSPS) is 13.8. The van der Waals surface area contributed by atoms with Crippen LogP contribution in [0, 0.1) is 5.41 Å². The Bertz CT molecular complexity index is 305. The van der Waals surface area contributed by atoms with Crippen LogP contribution in [-0.2, 0) is 0 Å². The molecule has 90 valence electrons. The van der Waals surface area contributed by atoms with Crippen molar-refractivity contribution < 1.29 is 5.11 Å². The predicted molar refractivity (Wildman–Crippen MR) is 69.8 cm³/mol. The first kappa shape index (κ1) is 13.1. The van der Waals surface area contributed by atoms with Crippen LogP contribution in [0.25, 0.3) is 0 Å². The summed E-state index contributed by atoms with van der Waals surface area (Å²) in [6.45, 7) is 9.10. The van der Waals surface area contributed by atoms with Crippen LogP contribution in [0.4, 0.5) is 0 Å². The SMILES string of the molecule is CCC(CCC(C)(C)C)c1ccc(O)cc1. The molecule has 0 radical (unpaired) electrons. The van der Waals surface area contributed by atoms with Crippen LogP contribution in [0.5, 0.6) is 5.75 Å². The Morgan fingerprint density at radius 3 is 2.12 bits per heavy atom. The molecule has 0 aliphatic heterocycles. The fourth-order valence-electron chi connectivity index (χ4n) is 1.96. The summed E-state index contributed by atoms with van der Waals surface area (Å²) in [5.74, 6) is 0.981. The highest BCUT2D eigenvalue weighted by atomic mass is 16.3. The van der Waals surface area contributed by atoms with Crippen molar-refractivity contribution in [2.24, 2.45) is 5.41 Å². The van der Waals surface area contributed by atoms with E-state index in [1.165, 1.54) is 24.8 Å². The molecule has 0 aliphatic carbocycles. The average molecular weight is 220 g/mol. The number of rotatable bonds is 4. The van der Waals surface area contributed by atoms with E-state index in [0.29, 0.717) is 17.1 Å². The van der Waals surface area contributed by atoms with E-state index in [1.54, 1.807) is 12.1 Å². The van der Waals surface area contributed by atoms with Crippen LogP contribution >= 0.6 is 0 Å². The van der Waals surface area contributed by atoms with Crippen molar-refractivity contribution in [3.63, 3.8) is 0 Å². The van der Waals surface area contributed by atoms with Crippen LogP contribution in [0.2, 0.25) is 0 Å². The molecule has 0 fully saturated rings. The summed E-state index contributed by atoms with van der Waals surface area (Å²) in [6, 6.07) is 7.67. The molecule has 0 aliphatic rings. The van der Waals surface area contributed by atoms with Gasteiger partial charge in [-0.15, -0.1) is 0 Å². The van der Waals surface area contributed by atoms with Gasteiger partial charge < -0.3 is 5.11 Å². The molecule has 0 saturated heterocycles. The third-order valence-electron chi connectivity index (χ3n) is 3.10. The second-order valence-electron chi connectivity index (χ2n) is 5.80. The van der Waals surface area contributed by atoms with E-state index in [-0.39, 0.29) is 0 Å². The first-order valence-electron chi connectivity index (χ1n) is 6.21. The van der Waals surface area contributed by atoms with Crippen molar-refractivity contribution in [2.45, 2.75) is 52.9 Å². The molecule has 0 aromatic heterocycles. The molecule has 1 N–H and O–H groups in total. The molecule has 0 spiro atoms. The summed E-state index contributed by atoms with van der Waals surface area (Å²) in [4.78, 5) is 0. The maximum absolute atomic E-state index is 9.27. The third-order valence-corrected chi connectivity index (χ3v) is 3.10. The number of aromatic hydroxyl groups is 1. The highest BCUT2D eigenvalue weighted by Crippen LogP contribution is 2.31. The minimum absolute atomic E-state index is 0.356. The molecular formula is C15H24O. The van der Waals surface area contributed by atoms with Gasteiger partial charge in [0.15, 0.2) is 0 Å². The van der Waals surface area contributed by atoms with Crippen molar-refractivity contribution in [3.8, 4) is 5.75 Å². The van der Waals surface area contributed by atoms with Gasteiger partial charge in [-0.2, -0.15) is 0 Å². The van der Waals surface area contributed by atoms with Crippen molar-refractivity contribution in [1.29, 1.82) is 0 Å². The molecule has 1 aromatic carbocycles. The lowest BCUT2D eigenvalue weighted by molar-refractivity contribution is 0.346. The predicted octanol–water partition coefficient (Wildman–Crippen LogP) is 4.71. The lowest BCUT2D eigenvalue weighted by Gasteiger charge is -2.22. The molecule has 16 heavy (non-hydrogen) atoms. The van der Waals surface area contributed by atoms with Crippen LogP contribution < -0.4 is 0 Å². The molecule has 0 saturated carbocycles. The van der Waals surface area contributed by atoms with E-state index >= 15 is 0 Å². The maximum atomic E-state index is 9.27. The van der Waals surface area contributed by atoms with Gasteiger partial charge in [-0.25, -0.2) is 0 Å². The van der Waals surface area contributed by atoms with Gasteiger partial charge in [0.2, 0.25) is 0 Å². The Labute approximate surface area is 99.5 Å². The first-order valence-corrected chi connectivity index (χ1v) is 6.21. The fraction of sp³-hybridized carbons (Fsp3) is 0.600. The number of hydrogen-bond acceptors (Lipinski definition) is 1. The third kappa shape index (κ3) is 4.26. The molecule has 1 aromatic rings. The van der Waals surface area contributed by atoms with Gasteiger partial charge in [-0.3, -0.25) is 0 Å². The van der Waals surface area contributed by atoms with Gasteiger partial charge in [0.05, 0.1) is 0 Å². The van der Waals surface area contributed by atoms with Crippen molar-refractivity contribution >= 4 is 0 Å². The van der Waals surface area contributed by atoms with Crippen LogP contribution in [0.3, 0.4) is 0 Å². The van der Waals surface area contributed by atoms with Crippen LogP contribution in [0.15, 0.2) is 24.3 Å². The minimum Gasteiger partial charge on any atom is -0.508 e. The lowest BCUT2D eigenvalue weighted by atomic mass is 9.83. The summed E-state index contributed by atoms with van der Waals surface area (Å²) in [5, 5.41) is 9.27. The summed E-state index contributed by atoms with van der Waals surface area (Å²) >= 11 is 0.